The molecule has 0 atom stereocenters. The first-order valence-electron chi connectivity index (χ1n) is 9.44. The van der Waals surface area contributed by atoms with Gasteiger partial charge in [-0.25, -0.2) is 4.39 Å². The Morgan fingerprint density at radius 2 is 1.56 bits per heavy atom. The number of benzene rings is 3. The van der Waals surface area contributed by atoms with Gasteiger partial charge in [-0.2, -0.15) is 0 Å². The van der Waals surface area contributed by atoms with E-state index in [0.29, 0.717) is 6.42 Å². The first-order valence-corrected chi connectivity index (χ1v) is 9.44. The lowest BCUT2D eigenvalue weighted by molar-refractivity contribution is 0.0962. The Balaban J connectivity index is 1.30. The maximum absolute atomic E-state index is 13.1. The van der Waals surface area contributed by atoms with E-state index in [1.54, 1.807) is 0 Å². The van der Waals surface area contributed by atoms with Gasteiger partial charge in [-0.05, 0) is 41.1 Å². The van der Waals surface area contributed by atoms with Crippen LogP contribution in [0.4, 0.5) is 10.1 Å². The van der Waals surface area contributed by atoms with Crippen LogP contribution in [0.3, 0.4) is 0 Å². The highest BCUT2D eigenvalue weighted by molar-refractivity contribution is 6.00. The topological polar surface area (TPSA) is 23.6 Å². The van der Waals surface area contributed by atoms with E-state index in [1.165, 1.54) is 12.1 Å². The minimum atomic E-state index is -0.204. The van der Waals surface area contributed by atoms with Crippen molar-refractivity contribution in [2.24, 2.45) is 0 Å². The third kappa shape index (κ3) is 4.17. The Bertz CT molecular complexity index is 931. The lowest BCUT2D eigenvalue weighted by Gasteiger charge is -2.36. The number of carbonyl (C=O) groups is 1. The fourth-order valence-electron chi connectivity index (χ4n) is 3.65. The van der Waals surface area contributed by atoms with Crippen molar-refractivity contribution in [1.82, 2.24) is 4.90 Å². The molecule has 1 aliphatic heterocycles. The van der Waals surface area contributed by atoms with Crippen molar-refractivity contribution in [2.45, 2.75) is 6.42 Å². The number of anilines is 1. The van der Waals surface area contributed by atoms with Gasteiger partial charge in [0.05, 0.1) is 0 Å². The van der Waals surface area contributed by atoms with Gasteiger partial charge in [-0.3, -0.25) is 9.69 Å². The third-order valence-corrected chi connectivity index (χ3v) is 5.29. The first-order chi connectivity index (χ1) is 13.2. The molecule has 1 heterocycles. The summed E-state index contributed by atoms with van der Waals surface area (Å²) in [7, 11) is 0. The summed E-state index contributed by atoms with van der Waals surface area (Å²) in [5, 5.41) is 2.27. The van der Waals surface area contributed by atoms with Crippen LogP contribution in [0.2, 0.25) is 0 Å². The van der Waals surface area contributed by atoms with Crippen molar-refractivity contribution >= 4 is 22.2 Å². The summed E-state index contributed by atoms with van der Waals surface area (Å²) in [6, 6.07) is 20.7. The van der Waals surface area contributed by atoms with E-state index in [-0.39, 0.29) is 11.6 Å². The van der Waals surface area contributed by atoms with Gasteiger partial charge in [0.2, 0.25) is 0 Å². The molecule has 4 rings (SSSR count). The predicted octanol–water partition coefficient (Wildman–Crippen LogP) is 4.37. The van der Waals surface area contributed by atoms with Crippen LogP contribution >= 0.6 is 0 Å². The van der Waals surface area contributed by atoms with Crippen molar-refractivity contribution in [3.05, 3.63) is 78.1 Å². The predicted molar refractivity (Wildman–Crippen MR) is 108 cm³/mol. The van der Waals surface area contributed by atoms with Gasteiger partial charge >= 0.3 is 0 Å². The molecule has 0 bridgehead atoms. The number of ketones is 1. The van der Waals surface area contributed by atoms with Crippen LogP contribution in [0.1, 0.15) is 16.8 Å². The smallest absolute Gasteiger partial charge is 0.164 e. The van der Waals surface area contributed by atoms with E-state index in [9.17, 15) is 9.18 Å². The Labute approximate surface area is 159 Å². The third-order valence-electron chi connectivity index (χ3n) is 5.29. The molecule has 0 amide bonds. The molecule has 27 heavy (non-hydrogen) atoms. The number of hydrogen-bond donors (Lipinski definition) is 0. The lowest BCUT2D eigenvalue weighted by Crippen LogP contribution is -2.46. The maximum Gasteiger partial charge on any atom is 0.164 e. The molecule has 0 radical (unpaired) electrons. The lowest BCUT2D eigenvalue weighted by atomic mass is 10.0. The molecule has 1 fully saturated rings. The summed E-state index contributed by atoms with van der Waals surface area (Å²) in [5.41, 5.74) is 1.85. The molecule has 0 aliphatic carbocycles. The van der Waals surface area contributed by atoms with E-state index in [0.717, 1.165) is 54.7 Å². The summed E-state index contributed by atoms with van der Waals surface area (Å²) < 4.78 is 13.1. The normalized spacial score (nSPS) is 15.2. The van der Waals surface area contributed by atoms with Gasteiger partial charge < -0.3 is 4.90 Å². The number of hydrogen-bond acceptors (Lipinski definition) is 3. The molecule has 3 aromatic rings. The zero-order valence-corrected chi connectivity index (χ0v) is 15.3. The number of rotatable bonds is 5. The zero-order valence-electron chi connectivity index (χ0n) is 15.3. The highest BCUT2D eigenvalue weighted by Gasteiger charge is 2.18. The van der Waals surface area contributed by atoms with Crippen LogP contribution in [-0.2, 0) is 0 Å². The summed E-state index contributed by atoms with van der Waals surface area (Å²) in [6.07, 6.45) is 0.537. The molecule has 1 aliphatic rings. The largest absolute Gasteiger partial charge is 0.369 e. The summed E-state index contributed by atoms with van der Waals surface area (Å²) in [5.74, 6) is -0.00805. The van der Waals surface area contributed by atoms with Crippen molar-refractivity contribution in [2.75, 3.05) is 37.6 Å². The summed E-state index contributed by atoms with van der Waals surface area (Å²) in [4.78, 5) is 17.2. The van der Waals surface area contributed by atoms with E-state index in [1.807, 2.05) is 48.5 Å². The second-order valence-corrected chi connectivity index (χ2v) is 7.04. The van der Waals surface area contributed by atoms with E-state index >= 15 is 0 Å². The van der Waals surface area contributed by atoms with Crippen LogP contribution in [0.25, 0.3) is 10.8 Å². The van der Waals surface area contributed by atoms with Gasteiger partial charge in [0.25, 0.3) is 0 Å². The Kier molecular flexibility index (Phi) is 5.16. The highest BCUT2D eigenvalue weighted by Crippen LogP contribution is 2.19. The van der Waals surface area contributed by atoms with E-state index in [4.69, 9.17) is 0 Å². The molecule has 1 saturated heterocycles. The standard InChI is InChI=1S/C23H23FN2O/c24-21-7-9-22(10-8-21)26-15-13-25(14-16-26)12-11-23(27)20-6-5-18-3-1-2-4-19(18)17-20/h1-10,17H,11-16H2. The number of Topliss-reactive ketones (excluding diaryl/α,β-unsaturated/α-hetero) is 1. The molecule has 3 aromatic carbocycles. The monoisotopic (exact) mass is 362 g/mol. The van der Waals surface area contributed by atoms with E-state index in [2.05, 4.69) is 15.9 Å². The maximum atomic E-state index is 13.1. The van der Waals surface area contributed by atoms with Gasteiger partial charge in [-0.15, -0.1) is 0 Å². The number of halogens is 1. The second kappa shape index (κ2) is 7.89. The van der Waals surface area contributed by atoms with Crippen LogP contribution in [0.15, 0.2) is 66.7 Å². The van der Waals surface area contributed by atoms with Crippen molar-refractivity contribution in [3.63, 3.8) is 0 Å². The average Bonchev–Trinajstić information content (AvgIpc) is 2.72. The molecule has 4 heteroatoms. The van der Waals surface area contributed by atoms with Crippen LogP contribution in [-0.4, -0.2) is 43.4 Å². The molecule has 0 aromatic heterocycles. The Morgan fingerprint density at radius 3 is 2.30 bits per heavy atom. The Hall–Kier alpha value is -2.72. The van der Waals surface area contributed by atoms with Crippen molar-refractivity contribution in [3.8, 4) is 0 Å². The molecule has 0 unspecified atom stereocenters. The minimum absolute atomic E-state index is 0.196. The van der Waals surface area contributed by atoms with Gasteiger partial charge in [0.1, 0.15) is 5.82 Å². The number of fused-ring (bicyclic) bond motifs is 1. The number of carbonyl (C=O) groups excluding carboxylic acids is 1. The van der Waals surface area contributed by atoms with Gasteiger partial charge in [-0.1, -0.05) is 36.4 Å². The highest BCUT2D eigenvalue weighted by atomic mass is 19.1. The molecule has 0 N–H and O–H groups in total. The molecule has 0 spiro atoms. The molecule has 0 saturated carbocycles. The quantitative estimate of drug-likeness (QED) is 0.630. The van der Waals surface area contributed by atoms with Gasteiger partial charge in [0.15, 0.2) is 5.78 Å². The molecule has 3 nitrogen and oxygen atoms in total. The molecular weight excluding hydrogens is 339 g/mol. The van der Waals surface area contributed by atoms with E-state index < -0.39 is 0 Å². The average molecular weight is 362 g/mol. The van der Waals surface area contributed by atoms with Crippen LogP contribution < -0.4 is 4.90 Å². The Morgan fingerprint density at radius 1 is 0.852 bits per heavy atom. The summed E-state index contributed by atoms with van der Waals surface area (Å²) >= 11 is 0. The zero-order chi connectivity index (χ0) is 18.6. The SMILES string of the molecule is O=C(CCN1CCN(c2ccc(F)cc2)CC1)c1ccc2ccccc2c1. The second-order valence-electron chi connectivity index (χ2n) is 7.04. The fourth-order valence-corrected chi connectivity index (χ4v) is 3.65. The van der Waals surface area contributed by atoms with Crippen molar-refractivity contribution in [1.29, 1.82) is 0 Å². The molecular formula is C23H23FN2O. The van der Waals surface area contributed by atoms with Crippen LogP contribution in [0.5, 0.6) is 0 Å². The first kappa shape index (κ1) is 17.7. The molecule has 138 valence electrons. The number of piperazine rings is 1. The van der Waals surface area contributed by atoms with Crippen molar-refractivity contribution < 1.29 is 9.18 Å². The number of nitrogens with zero attached hydrogens (tertiary/aromatic N) is 2. The van der Waals surface area contributed by atoms with Crippen LogP contribution in [0, 0.1) is 5.82 Å². The minimum Gasteiger partial charge on any atom is -0.369 e. The summed E-state index contributed by atoms with van der Waals surface area (Å²) in [6.45, 7) is 4.42. The fraction of sp³-hybridized carbons (Fsp3) is 0.261. The van der Waals surface area contributed by atoms with Gasteiger partial charge in [0, 0.05) is 50.4 Å².